The maximum absolute atomic E-state index is 12.7. The Morgan fingerprint density at radius 2 is 1.90 bits per heavy atom. The van der Waals surface area contributed by atoms with Gasteiger partial charge in [-0.1, -0.05) is 30.3 Å². The minimum absolute atomic E-state index is 0.0942. The molecule has 30 heavy (non-hydrogen) atoms. The fourth-order valence-corrected chi connectivity index (χ4v) is 4.74. The van der Waals surface area contributed by atoms with Gasteiger partial charge < -0.3 is 10.2 Å². The molecular weight excluding hydrogens is 374 g/mol. The van der Waals surface area contributed by atoms with Gasteiger partial charge in [-0.3, -0.25) is 9.69 Å². The van der Waals surface area contributed by atoms with Crippen molar-refractivity contribution in [3.8, 4) is 0 Å². The monoisotopic (exact) mass is 407 g/mol. The van der Waals surface area contributed by atoms with Crippen LogP contribution in [-0.4, -0.2) is 64.4 Å². The van der Waals surface area contributed by atoms with E-state index >= 15 is 0 Å². The Morgan fingerprint density at radius 3 is 2.67 bits per heavy atom. The molecule has 0 spiro atoms. The van der Waals surface area contributed by atoms with Crippen molar-refractivity contribution in [1.82, 2.24) is 25.1 Å². The number of carbonyl (C=O) groups excluding carboxylic acids is 1. The zero-order chi connectivity index (χ0) is 20.6. The van der Waals surface area contributed by atoms with E-state index in [4.69, 9.17) is 0 Å². The van der Waals surface area contributed by atoms with Crippen LogP contribution in [-0.2, 0) is 17.8 Å². The van der Waals surface area contributed by atoms with E-state index in [1.54, 1.807) is 6.20 Å². The summed E-state index contributed by atoms with van der Waals surface area (Å²) in [5.41, 5.74) is 2.28. The molecule has 1 N–H and O–H groups in total. The van der Waals surface area contributed by atoms with Gasteiger partial charge in [0.25, 0.3) is 0 Å². The molecule has 0 bridgehead atoms. The van der Waals surface area contributed by atoms with Gasteiger partial charge >= 0.3 is 0 Å². The number of benzene rings is 1. The first-order valence-electron chi connectivity index (χ1n) is 11.3. The molecule has 0 saturated carbocycles. The second-order valence-corrected chi connectivity index (χ2v) is 8.56. The van der Waals surface area contributed by atoms with Gasteiger partial charge in [-0.15, -0.1) is 0 Å². The number of rotatable bonds is 7. The Bertz CT molecular complexity index is 777. The van der Waals surface area contributed by atoms with Crippen LogP contribution >= 0.6 is 0 Å². The molecule has 1 aromatic heterocycles. The number of amides is 1. The second-order valence-electron chi connectivity index (χ2n) is 8.56. The first-order chi connectivity index (χ1) is 14.8. The molecule has 2 saturated heterocycles. The lowest BCUT2D eigenvalue weighted by atomic mass is 9.93. The van der Waals surface area contributed by atoms with Crippen LogP contribution in [0.4, 0.5) is 0 Å². The average molecular weight is 408 g/mol. The smallest absolute Gasteiger partial charge is 0.224 e. The molecule has 6 nitrogen and oxygen atoms in total. The first kappa shape index (κ1) is 20.9. The molecular formula is C24H33N5O. The van der Waals surface area contributed by atoms with Crippen LogP contribution in [0.5, 0.6) is 0 Å². The summed E-state index contributed by atoms with van der Waals surface area (Å²) < 4.78 is 0. The Balaban J connectivity index is 1.20. The van der Waals surface area contributed by atoms with E-state index in [9.17, 15) is 4.79 Å². The van der Waals surface area contributed by atoms with Gasteiger partial charge in [-0.2, -0.15) is 0 Å². The van der Waals surface area contributed by atoms with Crippen LogP contribution in [0, 0.1) is 5.92 Å². The fourth-order valence-electron chi connectivity index (χ4n) is 4.74. The molecule has 6 heteroatoms. The Kier molecular flexibility index (Phi) is 7.43. The molecule has 0 aliphatic carbocycles. The standard InChI is InChI=1S/C24H33N5O/c30-24(26-17-22-8-12-25-19-27-22)21-7-4-13-29(18-21)23-10-15-28(16-11-23)14-9-20-5-2-1-3-6-20/h1-3,5-6,8,12,19,21,23H,4,7,9-11,13-18H2,(H,26,30)/t21-/m0/s1. The van der Waals surface area contributed by atoms with Gasteiger partial charge in [-0.05, 0) is 63.4 Å². The van der Waals surface area contributed by atoms with Crippen molar-refractivity contribution >= 4 is 5.91 Å². The van der Waals surface area contributed by atoms with Crippen molar-refractivity contribution in [3.63, 3.8) is 0 Å². The molecule has 0 unspecified atom stereocenters. The molecule has 1 aromatic carbocycles. The number of aromatic nitrogens is 2. The van der Waals surface area contributed by atoms with Gasteiger partial charge in [0, 0.05) is 25.3 Å². The van der Waals surface area contributed by atoms with E-state index in [2.05, 4.69) is 55.4 Å². The highest BCUT2D eigenvalue weighted by Crippen LogP contribution is 2.24. The lowest BCUT2D eigenvalue weighted by molar-refractivity contribution is -0.127. The lowest BCUT2D eigenvalue weighted by Gasteiger charge is -2.42. The fraction of sp³-hybridized carbons (Fsp3) is 0.542. The Morgan fingerprint density at radius 1 is 1.07 bits per heavy atom. The highest BCUT2D eigenvalue weighted by molar-refractivity contribution is 5.78. The molecule has 3 heterocycles. The number of nitrogens with zero attached hydrogens (tertiary/aromatic N) is 4. The van der Waals surface area contributed by atoms with Crippen molar-refractivity contribution in [3.05, 3.63) is 60.2 Å². The minimum Gasteiger partial charge on any atom is -0.350 e. The quantitative estimate of drug-likeness (QED) is 0.764. The molecule has 4 rings (SSSR count). The van der Waals surface area contributed by atoms with Crippen molar-refractivity contribution in [2.75, 3.05) is 32.7 Å². The van der Waals surface area contributed by atoms with Crippen LogP contribution in [0.1, 0.15) is 36.9 Å². The largest absolute Gasteiger partial charge is 0.350 e. The summed E-state index contributed by atoms with van der Waals surface area (Å²) in [5.74, 6) is 0.260. The predicted molar refractivity (Wildman–Crippen MR) is 118 cm³/mol. The van der Waals surface area contributed by atoms with E-state index in [1.165, 1.54) is 37.8 Å². The number of hydrogen-bond donors (Lipinski definition) is 1. The number of piperidine rings is 2. The number of carbonyl (C=O) groups is 1. The maximum atomic E-state index is 12.7. The highest BCUT2D eigenvalue weighted by Gasteiger charge is 2.31. The Hall–Kier alpha value is -2.31. The van der Waals surface area contributed by atoms with E-state index in [0.717, 1.165) is 44.6 Å². The second kappa shape index (κ2) is 10.6. The van der Waals surface area contributed by atoms with Gasteiger partial charge in [0.05, 0.1) is 18.2 Å². The van der Waals surface area contributed by atoms with Gasteiger partial charge in [0.2, 0.25) is 5.91 Å². The van der Waals surface area contributed by atoms with Crippen LogP contribution in [0.3, 0.4) is 0 Å². The summed E-state index contributed by atoms with van der Waals surface area (Å²) in [4.78, 5) is 26.0. The zero-order valence-electron chi connectivity index (χ0n) is 17.7. The summed E-state index contributed by atoms with van der Waals surface area (Å²) in [6.45, 7) is 5.98. The SMILES string of the molecule is O=C(NCc1ccncn1)[C@H]1CCCN(C2CCN(CCc3ccccc3)CC2)C1. The summed E-state index contributed by atoms with van der Waals surface area (Å²) in [5, 5.41) is 3.07. The third kappa shape index (κ3) is 5.86. The summed E-state index contributed by atoms with van der Waals surface area (Å²) in [6.07, 6.45) is 8.89. The topological polar surface area (TPSA) is 61.4 Å². The molecule has 2 aliphatic rings. The Labute approximate surface area is 179 Å². The summed E-state index contributed by atoms with van der Waals surface area (Å²) >= 11 is 0. The highest BCUT2D eigenvalue weighted by atomic mass is 16.1. The molecule has 160 valence electrons. The van der Waals surface area contributed by atoms with Crippen molar-refractivity contribution < 1.29 is 4.79 Å². The van der Waals surface area contributed by atoms with E-state index in [0.29, 0.717) is 12.6 Å². The molecule has 1 atom stereocenters. The normalized spacial score (nSPS) is 21.4. The van der Waals surface area contributed by atoms with Crippen LogP contribution in [0.25, 0.3) is 0 Å². The molecule has 2 aliphatic heterocycles. The van der Waals surface area contributed by atoms with Crippen molar-refractivity contribution in [2.45, 2.75) is 44.7 Å². The molecule has 1 amide bonds. The third-order valence-corrected chi connectivity index (χ3v) is 6.54. The van der Waals surface area contributed by atoms with E-state index < -0.39 is 0 Å². The van der Waals surface area contributed by atoms with E-state index in [-0.39, 0.29) is 11.8 Å². The average Bonchev–Trinajstić information content (AvgIpc) is 2.83. The molecule has 0 radical (unpaired) electrons. The van der Waals surface area contributed by atoms with E-state index in [1.807, 2.05) is 6.07 Å². The summed E-state index contributed by atoms with van der Waals surface area (Å²) in [6, 6.07) is 13.2. The van der Waals surface area contributed by atoms with Gasteiger partial charge in [-0.25, -0.2) is 9.97 Å². The minimum atomic E-state index is 0.0942. The number of nitrogens with one attached hydrogen (secondary N) is 1. The van der Waals surface area contributed by atoms with Crippen molar-refractivity contribution in [2.24, 2.45) is 5.92 Å². The molecule has 2 fully saturated rings. The van der Waals surface area contributed by atoms with Gasteiger partial charge in [0.1, 0.15) is 6.33 Å². The summed E-state index contributed by atoms with van der Waals surface area (Å²) in [7, 11) is 0. The zero-order valence-corrected chi connectivity index (χ0v) is 17.7. The molecule has 2 aromatic rings. The van der Waals surface area contributed by atoms with Gasteiger partial charge in [0.15, 0.2) is 0 Å². The van der Waals surface area contributed by atoms with Crippen LogP contribution in [0.15, 0.2) is 48.9 Å². The number of hydrogen-bond acceptors (Lipinski definition) is 5. The maximum Gasteiger partial charge on any atom is 0.224 e. The lowest BCUT2D eigenvalue weighted by Crippen LogP contribution is -2.50. The first-order valence-corrected chi connectivity index (χ1v) is 11.3. The third-order valence-electron chi connectivity index (χ3n) is 6.54. The van der Waals surface area contributed by atoms with Crippen LogP contribution < -0.4 is 5.32 Å². The number of likely N-dealkylation sites (tertiary alicyclic amines) is 2. The predicted octanol–water partition coefficient (Wildman–Crippen LogP) is 2.51. The van der Waals surface area contributed by atoms with Crippen LogP contribution in [0.2, 0.25) is 0 Å². The van der Waals surface area contributed by atoms with Crippen molar-refractivity contribution in [1.29, 1.82) is 0 Å².